The van der Waals surface area contributed by atoms with E-state index in [1.54, 1.807) is 26.2 Å². The van der Waals surface area contributed by atoms with Gasteiger partial charge in [0.2, 0.25) is 0 Å². The van der Waals surface area contributed by atoms with Crippen LogP contribution in [0.25, 0.3) is 0 Å². The predicted octanol–water partition coefficient (Wildman–Crippen LogP) is 0.815. The second kappa shape index (κ2) is 4.54. The Morgan fingerprint density at radius 1 is 1.32 bits per heavy atom. The van der Waals surface area contributed by atoms with Gasteiger partial charge in [0.15, 0.2) is 10.7 Å². The van der Waals surface area contributed by atoms with Gasteiger partial charge < -0.3 is 5.73 Å². The molecule has 7 nitrogen and oxygen atoms in total. The van der Waals surface area contributed by atoms with Crippen molar-refractivity contribution >= 4 is 21.5 Å². The highest BCUT2D eigenvalue weighted by Gasteiger charge is 2.24. The van der Waals surface area contributed by atoms with Crippen molar-refractivity contribution in [3.8, 4) is 0 Å². The molecule has 8 heteroatoms. The average molecular weight is 281 g/mol. The van der Waals surface area contributed by atoms with E-state index in [-0.39, 0.29) is 10.7 Å². The SMILES string of the molecule is Cc1cncc(NS(=O)(=O)c2c(N)nn(C)c2C)c1. The summed E-state index contributed by atoms with van der Waals surface area (Å²) in [5.41, 5.74) is 7.37. The number of anilines is 2. The van der Waals surface area contributed by atoms with Crippen molar-refractivity contribution in [3.63, 3.8) is 0 Å². The van der Waals surface area contributed by atoms with Crippen molar-refractivity contribution in [1.82, 2.24) is 14.8 Å². The normalized spacial score (nSPS) is 11.5. The van der Waals surface area contributed by atoms with Gasteiger partial charge >= 0.3 is 0 Å². The lowest BCUT2D eigenvalue weighted by Crippen LogP contribution is -2.15. The van der Waals surface area contributed by atoms with Crippen molar-refractivity contribution in [2.24, 2.45) is 7.05 Å². The monoisotopic (exact) mass is 281 g/mol. The van der Waals surface area contributed by atoms with Crippen LogP contribution in [-0.4, -0.2) is 23.2 Å². The summed E-state index contributed by atoms with van der Waals surface area (Å²) in [5, 5.41) is 3.90. The third-order valence-corrected chi connectivity index (χ3v) is 4.25. The molecule has 0 aliphatic rings. The van der Waals surface area contributed by atoms with Crippen molar-refractivity contribution in [2.45, 2.75) is 18.7 Å². The molecule has 3 N–H and O–H groups in total. The van der Waals surface area contributed by atoms with Crippen molar-refractivity contribution in [3.05, 3.63) is 29.7 Å². The number of aromatic nitrogens is 3. The fourth-order valence-electron chi connectivity index (χ4n) is 1.76. The molecule has 0 saturated carbocycles. The highest BCUT2D eigenvalue weighted by atomic mass is 32.2. The number of nitrogens with zero attached hydrogens (tertiary/aromatic N) is 3. The van der Waals surface area contributed by atoms with Crippen LogP contribution in [0.5, 0.6) is 0 Å². The quantitative estimate of drug-likeness (QED) is 0.866. The van der Waals surface area contributed by atoms with Crippen LogP contribution in [0, 0.1) is 13.8 Å². The van der Waals surface area contributed by atoms with E-state index >= 15 is 0 Å². The van der Waals surface area contributed by atoms with Crippen LogP contribution in [0.1, 0.15) is 11.3 Å². The third-order valence-electron chi connectivity index (χ3n) is 2.70. The van der Waals surface area contributed by atoms with Crippen LogP contribution >= 0.6 is 0 Å². The molecule has 0 bridgehead atoms. The molecule has 0 atom stereocenters. The van der Waals surface area contributed by atoms with Gasteiger partial charge in [-0.2, -0.15) is 5.10 Å². The predicted molar refractivity (Wildman–Crippen MR) is 72.1 cm³/mol. The van der Waals surface area contributed by atoms with Crippen LogP contribution in [0.15, 0.2) is 23.4 Å². The van der Waals surface area contributed by atoms with Crippen LogP contribution in [0.4, 0.5) is 11.5 Å². The van der Waals surface area contributed by atoms with Crippen molar-refractivity contribution in [1.29, 1.82) is 0 Å². The number of sulfonamides is 1. The number of hydrogen-bond acceptors (Lipinski definition) is 5. The largest absolute Gasteiger partial charge is 0.381 e. The maximum absolute atomic E-state index is 12.3. The number of rotatable bonds is 3. The third kappa shape index (κ3) is 2.53. The van der Waals surface area contributed by atoms with E-state index in [9.17, 15) is 8.42 Å². The summed E-state index contributed by atoms with van der Waals surface area (Å²) >= 11 is 0. The van der Waals surface area contributed by atoms with E-state index < -0.39 is 10.0 Å². The van der Waals surface area contributed by atoms with Crippen molar-refractivity contribution in [2.75, 3.05) is 10.5 Å². The Hall–Kier alpha value is -2.09. The summed E-state index contributed by atoms with van der Waals surface area (Å²) < 4.78 is 28.5. The lowest BCUT2D eigenvalue weighted by atomic mass is 10.3. The number of hydrogen-bond donors (Lipinski definition) is 2. The molecular weight excluding hydrogens is 266 g/mol. The standard InChI is InChI=1S/C11H15N5O2S/c1-7-4-9(6-13-5-7)15-19(17,18)10-8(2)16(3)14-11(10)12/h4-6,15H,1-3H3,(H2,12,14). The second-order valence-electron chi connectivity index (χ2n) is 4.28. The Balaban J connectivity index is 2.44. The molecule has 0 spiro atoms. The van der Waals surface area contributed by atoms with Crippen LogP contribution in [0.3, 0.4) is 0 Å². The first-order valence-electron chi connectivity index (χ1n) is 5.55. The Labute approximate surface area is 111 Å². The topological polar surface area (TPSA) is 103 Å². The molecule has 0 unspecified atom stereocenters. The smallest absolute Gasteiger partial charge is 0.267 e. The minimum Gasteiger partial charge on any atom is -0.381 e. The molecule has 0 saturated heterocycles. The Kier molecular flexibility index (Phi) is 3.19. The molecule has 0 aliphatic heterocycles. The summed E-state index contributed by atoms with van der Waals surface area (Å²) in [4.78, 5) is 3.93. The molecule has 102 valence electrons. The molecule has 0 aliphatic carbocycles. The highest BCUT2D eigenvalue weighted by molar-refractivity contribution is 7.93. The fourth-order valence-corrected chi connectivity index (χ4v) is 3.12. The first-order chi connectivity index (χ1) is 8.81. The molecule has 2 heterocycles. The van der Waals surface area contributed by atoms with Gasteiger partial charge in [-0.05, 0) is 25.5 Å². The van der Waals surface area contributed by atoms with E-state index in [1.807, 2.05) is 6.92 Å². The maximum atomic E-state index is 12.3. The molecule has 0 amide bonds. The van der Waals surface area contributed by atoms with Gasteiger partial charge in [-0.25, -0.2) is 8.42 Å². The second-order valence-corrected chi connectivity index (χ2v) is 5.90. The van der Waals surface area contributed by atoms with E-state index in [0.717, 1.165) is 5.56 Å². The summed E-state index contributed by atoms with van der Waals surface area (Å²) in [7, 11) is -2.13. The lowest BCUT2D eigenvalue weighted by Gasteiger charge is -2.08. The number of nitrogens with two attached hydrogens (primary N) is 1. The van der Waals surface area contributed by atoms with Crippen molar-refractivity contribution < 1.29 is 8.42 Å². The van der Waals surface area contributed by atoms with Crippen LogP contribution in [-0.2, 0) is 17.1 Å². The van der Waals surface area contributed by atoms with Crippen LogP contribution < -0.4 is 10.5 Å². The number of aryl methyl sites for hydroxylation is 2. The van der Waals surface area contributed by atoms with Gasteiger partial charge in [-0.1, -0.05) is 0 Å². The van der Waals surface area contributed by atoms with Gasteiger partial charge in [0, 0.05) is 13.2 Å². The zero-order valence-corrected chi connectivity index (χ0v) is 11.7. The summed E-state index contributed by atoms with van der Waals surface area (Å²) in [6.07, 6.45) is 3.08. The number of nitrogens with one attached hydrogen (secondary N) is 1. The Morgan fingerprint density at radius 2 is 2.00 bits per heavy atom. The van der Waals surface area contributed by atoms with Gasteiger partial charge in [0.05, 0.1) is 17.6 Å². The summed E-state index contributed by atoms with van der Waals surface area (Å²) in [6.45, 7) is 3.47. The lowest BCUT2D eigenvalue weighted by molar-refractivity contribution is 0.600. The zero-order valence-electron chi connectivity index (χ0n) is 10.9. The van der Waals surface area contributed by atoms with E-state index in [2.05, 4.69) is 14.8 Å². The van der Waals surface area contributed by atoms with Gasteiger partial charge in [0.1, 0.15) is 0 Å². The average Bonchev–Trinajstić information content (AvgIpc) is 2.52. The number of pyridine rings is 1. The fraction of sp³-hybridized carbons (Fsp3) is 0.273. The minimum absolute atomic E-state index is 0.00324. The molecule has 2 aromatic heterocycles. The number of nitrogen functional groups attached to an aromatic ring is 1. The Morgan fingerprint density at radius 3 is 2.53 bits per heavy atom. The first-order valence-corrected chi connectivity index (χ1v) is 7.03. The highest BCUT2D eigenvalue weighted by Crippen LogP contribution is 2.23. The van der Waals surface area contributed by atoms with Crippen LogP contribution in [0.2, 0.25) is 0 Å². The maximum Gasteiger partial charge on any atom is 0.267 e. The molecule has 2 rings (SSSR count). The molecule has 19 heavy (non-hydrogen) atoms. The molecule has 0 radical (unpaired) electrons. The summed E-state index contributed by atoms with van der Waals surface area (Å²) in [5.74, 6) is -0.0203. The summed E-state index contributed by atoms with van der Waals surface area (Å²) in [6, 6.07) is 1.69. The minimum atomic E-state index is -3.77. The molecular formula is C11H15N5O2S. The molecule has 0 fully saturated rings. The molecule has 0 aromatic carbocycles. The first kappa shape index (κ1) is 13.3. The van der Waals surface area contributed by atoms with E-state index in [1.165, 1.54) is 10.9 Å². The molecule has 2 aromatic rings. The van der Waals surface area contributed by atoms with Gasteiger partial charge in [-0.3, -0.25) is 14.4 Å². The van der Waals surface area contributed by atoms with E-state index in [4.69, 9.17) is 5.73 Å². The Bertz CT molecular complexity index is 721. The zero-order chi connectivity index (χ0) is 14.2. The van der Waals surface area contributed by atoms with E-state index in [0.29, 0.717) is 11.4 Å². The van der Waals surface area contributed by atoms with Gasteiger partial charge in [-0.15, -0.1) is 0 Å². The van der Waals surface area contributed by atoms with Gasteiger partial charge in [0.25, 0.3) is 10.0 Å².